The van der Waals surface area contributed by atoms with Crippen LogP contribution in [0.4, 0.5) is 11.5 Å². The third-order valence-electron chi connectivity index (χ3n) is 6.29. The third-order valence-corrected chi connectivity index (χ3v) is 6.29. The summed E-state index contributed by atoms with van der Waals surface area (Å²) in [5.41, 5.74) is 3.52. The predicted octanol–water partition coefficient (Wildman–Crippen LogP) is 2.59. The van der Waals surface area contributed by atoms with Gasteiger partial charge in [0.2, 0.25) is 0 Å². The number of aryl methyl sites for hydroxylation is 1. The van der Waals surface area contributed by atoms with Crippen LogP contribution in [0.3, 0.4) is 0 Å². The second-order valence-corrected chi connectivity index (χ2v) is 8.49. The molecule has 0 spiro atoms. The van der Waals surface area contributed by atoms with Gasteiger partial charge in [-0.15, -0.1) is 0 Å². The first kappa shape index (κ1) is 22.0. The fraction of sp³-hybridized carbons (Fsp3) is 0.583. The maximum absolute atomic E-state index is 5.43. The lowest BCUT2D eigenvalue weighted by Gasteiger charge is -2.34. The number of aromatic nitrogens is 2. The van der Waals surface area contributed by atoms with E-state index in [1.54, 1.807) is 0 Å². The lowest BCUT2D eigenvalue weighted by Crippen LogP contribution is -2.44. The summed E-state index contributed by atoms with van der Waals surface area (Å²) in [6.07, 6.45) is 4.00. The summed E-state index contributed by atoms with van der Waals surface area (Å²) >= 11 is 0. The Balaban J connectivity index is 1.37. The van der Waals surface area contributed by atoms with Crippen molar-refractivity contribution in [3.05, 3.63) is 36.0 Å². The Bertz CT molecular complexity index is 813. The highest BCUT2D eigenvalue weighted by Gasteiger charge is 2.15. The zero-order valence-corrected chi connectivity index (χ0v) is 19.0. The molecule has 3 heterocycles. The van der Waals surface area contributed by atoms with Crippen LogP contribution in [0, 0.1) is 0 Å². The van der Waals surface area contributed by atoms with Crippen LogP contribution in [0.1, 0.15) is 18.9 Å². The van der Waals surface area contributed by atoms with Crippen molar-refractivity contribution in [2.24, 2.45) is 0 Å². The van der Waals surface area contributed by atoms with Gasteiger partial charge in [-0.1, -0.05) is 6.92 Å². The number of piperazine rings is 1. The van der Waals surface area contributed by atoms with Crippen LogP contribution in [0.15, 0.2) is 30.5 Å². The highest BCUT2D eigenvalue weighted by molar-refractivity contribution is 5.62. The van der Waals surface area contributed by atoms with E-state index in [-0.39, 0.29) is 0 Å². The minimum atomic E-state index is 0.790. The van der Waals surface area contributed by atoms with E-state index in [4.69, 9.17) is 9.72 Å². The number of likely N-dealkylation sites (N-methyl/N-ethyl adjacent to an activating group) is 1. The molecule has 1 aromatic heterocycles. The molecule has 2 fully saturated rings. The van der Waals surface area contributed by atoms with Gasteiger partial charge in [0.05, 0.1) is 13.2 Å². The lowest BCUT2D eigenvalue weighted by atomic mass is 10.1. The lowest BCUT2D eigenvalue weighted by molar-refractivity contribution is 0.0378. The topological polar surface area (TPSA) is 56.8 Å². The molecule has 0 unspecified atom stereocenters. The van der Waals surface area contributed by atoms with E-state index < -0.39 is 0 Å². The van der Waals surface area contributed by atoms with Crippen molar-refractivity contribution in [3.8, 4) is 11.4 Å². The van der Waals surface area contributed by atoms with Gasteiger partial charge in [-0.05, 0) is 50.7 Å². The van der Waals surface area contributed by atoms with Crippen LogP contribution in [0.5, 0.6) is 0 Å². The maximum atomic E-state index is 5.43. The molecule has 7 heteroatoms. The van der Waals surface area contributed by atoms with Gasteiger partial charge < -0.3 is 19.9 Å². The summed E-state index contributed by atoms with van der Waals surface area (Å²) in [4.78, 5) is 16.8. The van der Waals surface area contributed by atoms with Gasteiger partial charge in [0.1, 0.15) is 5.82 Å². The maximum Gasteiger partial charge on any atom is 0.161 e. The summed E-state index contributed by atoms with van der Waals surface area (Å²) in [6, 6.07) is 8.70. The summed E-state index contributed by atoms with van der Waals surface area (Å²) < 4.78 is 5.43. The Hall–Kier alpha value is -2.22. The zero-order valence-electron chi connectivity index (χ0n) is 19.0. The number of hydrogen-bond acceptors (Lipinski definition) is 7. The first-order chi connectivity index (χ1) is 15.2. The molecule has 2 aromatic rings. The third kappa shape index (κ3) is 5.93. The molecule has 1 aromatic carbocycles. The van der Waals surface area contributed by atoms with Crippen molar-refractivity contribution in [2.75, 3.05) is 82.8 Å². The molecule has 2 aliphatic heterocycles. The van der Waals surface area contributed by atoms with Crippen molar-refractivity contribution in [2.45, 2.75) is 19.8 Å². The van der Waals surface area contributed by atoms with Gasteiger partial charge in [-0.2, -0.15) is 0 Å². The van der Waals surface area contributed by atoms with Crippen molar-refractivity contribution < 1.29 is 4.74 Å². The largest absolute Gasteiger partial charge is 0.379 e. The Morgan fingerprint density at radius 3 is 2.45 bits per heavy atom. The van der Waals surface area contributed by atoms with E-state index in [0.717, 1.165) is 95.6 Å². The molecule has 0 bridgehead atoms. The Morgan fingerprint density at radius 2 is 1.74 bits per heavy atom. The Kier molecular flexibility index (Phi) is 7.72. The molecule has 0 radical (unpaired) electrons. The van der Waals surface area contributed by atoms with Crippen LogP contribution < -0.4 is 10.2 Å². The number of nitrogens with zero attached hydrogens (tertiary/aromatic N) is 5. The summed E-state index contributed by atoms with van der Waals surface area (Å²) in [5, 5.41) is 3.56. The monoisotopic (exact) mass is 424 g/mol. The van der Waals surface area contributed by atoms with E-state index in [0.29, 0.717) is 0 Å². The van der Waals surface area contributed by atoms with E-state index in [1.807, 2.05) is 6.20 Å². The highest BCUT2D eigenvalue weighted by Crippen LogP contribution is 2.24. The number of morpholine rings is 1. The normalized spacial score (nSPS) is 18.3. The van der Waals surface area contributed by atoms with Crippen molar-refractivity contribution in [1.82, 2.24) is 19.8 Å². The van der Waals surface area contributed by atoms with Crippen molar-refractivity contribution in [3.63, 3.8) is 0 Å². The molecule has 0 atom stereocenters. The fourth-order valence-electron chi connectivity index (χ4n) is 4.18. The average Bonchev–Trinajstić information content (AvgIpc) is 2.83. The number of benzene rings is 1. The molecule has 7 nitrogen and oxygen atoms in total. The van der Waals surface area contributed by atoms with Gasteiger partial charge in [-0.3, -0.25) is 4.90 Å². The molecule has 31 heavy (non-hydrogen) atoms. The average molecular weight is 425 g/mol. The Labute approximate surface area is 186 Å². The van der Waals surface area contributed by atoms with Crippen LogP contribution >= 0.6 is 0 Å². The number of anilines is 2. The smallest absolute Gasteiger partial charge is 0.161 e. The van der Waals surface area contributed by atoms with E-state index >= 15 is 0 Å². The predicted molar refractivity (Wildman–Crippen MR) is 127 cm³/mol. The summed E-state index contributed by atoms with van der Waals surface area (Å²) in [7, 11) is 2.19. The second-order valence-electron chi connectivity index (χ2n) is 8.49. The molecule has 0 aliphatic carbocycles. The molecule has 1 N–H and O–H groups in total. The first-order valence-electron chi connectivity index (χ1n) is 11.7. The van der Waals surface area contributed by atoms with E-state index in [2.05, 4.69) is 63.2 Å². The Morgan fingerprint density at radius 1 is 1.00 bits per heavy atom. The molecule has 168 valence electrons. The first-order valence-corrected chi connectivity index (χ1v) is 11.7. The van der Waals surface area contributed by atoms with Crippen LogP contribution in [-0.4, -0.2) is 92.4 Å². The molecule has 2 aliphatic rings. The van der Waals surface area contributed by atoms with Crippen LogP contribution in [0.25, 0.3) is 11.4 Å². The zero-order chi connectivity index (χ0) is 21.5. The van der Waals surface area contributed by atoms with Gasteiger partial charge in [0.25, 0.3) is 0 Å². The SMILES string of the molecule is CCc1cnc(-c2ccc(N3CCN(C)CC3)cc2)nc1NCCCN1CCOCC1. The van der Waals surface area contributed by atoms with Gasteiger partial charge in [-0.25, -0.2) is 9.97 Å². The number of nitrogens with one attached hydrogen (secondary N) is 1. The summed E-state index contributed by atoms with van der Waals surface area (Å²) in [6.45, 7) is 12.4. The molecule has 4 rings (SSSR count). The molecule has 0 saturated carbocycles. The van der Waals surface area contributed by atoms with Crippen molar-refractivity contribution in [1.29, 1.82) is 0 Å². The van der Waals surface area contributed by atoms with E-state index in [1.165, 1.54) is 11.3 Å². The molecular weight excluding hydrogens is 388 g/mol. The minimum absolute atomic E-state index is 0.790. The van der Waals surface area contributed by atoms with Crippen LogP contribution in [-0.2, 0) is 11.2 Å². The van der Waals surface area contributed by atoms with E-state index in [9.17, 15) is 0 Å². The second kappa shape index (κ2) is 10.9. The summed E-state index contributed by atoms with van der Waals surface area (Å²) in [5.74, 6) is 1.76. The van der Waals surface area contributed by atoms with Crippen molar-refractivity contribution >= 4 is 11.5 Å². The van der Waals surface area contributed by atoms with Gasteiger partial charge >= 0.3 is 0 Å². The fourth-order valence-corrected chi connectivity index (χ4v) is 4.18. The number of hydrogen-bond donors (Lipinski definition) is 1. The van der Waals surface area contributed by atoms with Gasteiger partial charge in [0.15, 0.2) is 5.82 Å². The molecule has 0 amide bonds. The molecule has 2 saturated heterocycles. The number of rotatable bonds is 8. The molecular formula is C24H36N6O. The van der Waals surface area contributed by atoms with Gasteiger partial charge in [0, 0.05) is 68.8 Å². The van der Waals surface area contributed by atoms with Crippen LogP contribution in [0.2, 0.25) is 0 Å². The highest BCUT2D eigenvalue weighted by atomic mass is 16.5. The minimum Gasteiger partial charge on any atom is -0.379 e. The standard InChI is InChI=1S/C24H36N6O/c1-3-20-19-26-24(27-23(20)25-9-4-10-29-15-17-31-18-16-29)21-5-7-22(8-6-21)30-13-11-28(2)12-14-30/h5-8,19H,3-4,9-18H2,1-2H3,(H,25,26,27). The quantitative estimate of drug-likeness (QED) is 0.654. The number of ether oxygens (including phenoxy) is 1.